The molecule has 1 rings (SSSR count). The predicted octanol–water partition coefficient (Wildman–Crippen LogP) is 1.37. The zero-order valence-corrected chi connectivity index (χ0v) is 6.94. The van der Waals surface area contributed by atoms with Crippen molar-refractivity contribution in [1.82, 2.24) is 0 Å². The Balaban J connectivity index is 0.000000162. The van der Waals surface area contributed by atoms with Crippen molar-refractivity contribution in [2.75, 3.05) is 0 Å². The molecule has 1 aromatic carbocycles. The fraction of sp³-hybridized carbons (Fsp3) is 0. The molecule has 0 atom stereocenters. The third-order valence-electron chi connectivity index (χ3n) is 0.556. The zero-order chi connectivity index (χ0) is 5.54. The molecular weight excluding hydrogens is 256 g/mol. The van der Waals surface area contributed by atoms with Crippen LogP contribution in [0.3, 0.4) is 0 Å². The molecule has 0 radical (unpaired) electrons. The van der Waals surface area contributed by atoms with Crippen LogP contribution in [0.5, 0.6) is 0 Å². The summed E-state index contributed by atoms with van der Waals surface area (Å²) in [6.07, 6.45) is 0. The summed E-state index contributed by atoms with van der Waals surface area (Å²) in [5, 5.41) is 0. The summed E-state index contributed by atoms with van der Waals surface area (Å²) in [5.41, 5.74) is 0. The first-order valence-corrected chi connectivity index (χ1v) is 4.03. The summed E-state index contributed by atoms with van der Waals surface area (Å²) in [7, 11) is 0. The molecular formula is C6H7W-. The van der Waals surface area contributed by atoms with Crippen LogP contribution in [0.4, 0.5) is 0 Å². The molecule has 0 bridgehead atoms. The van der Waals surface area contributed by atoms with Crippen molar-refractivity contribution in [3.05, 3.63) is 30.3 Å². The van der Waals surface area contributed by atoms with Gasteiger partial charge in [-0.05, 0) is 0 Å². The minimum Gasteiger partial charge on any atom is -0.214 e. The molecule has 1 heteroatoms. The standard InChI is InChI=1S/C5H5.CH2.W/c1-2-4-5-3-1;;/h1-5H;1H2;/q-1;;. The van der Waals surface area contributed by atoms with Gasteiger partial charge in [-0.1, -0.05) is 0 Å². The molecule has 0 aliphatic carbocycles. The second kappa shape index (κ2) is 5.91. The number of hydrogen-bond donors (Lipinski definition) is 0. The first-order valence-electron chi connectivity index (χ1n) is 1.96. The Morgan fingerprint density at radius 3 is 1.71 bits per heavy atom. The van der Waals surface area contributed by atoms with Crippen molar-refractivity contribution in [3.8, 4) is 0 Å². The quantitative estimate of drug-likeness (QED) is 0.620. The maximum Gasteiger partial charge on any atom is -0.172 e. The smallest absolute Gasteiger partial charge is 0.172 e. The van der Waals surface area contributed by atoms with Gasteiger partial charge in [-0.2, -0.15) is 18.2 Å². The fourth-order valence-corrected chi connectivity index (χ4v) is 0.321. The summed E-state index contributed by atoms with van der Waals surface area (Å²) in [4.78, 5) is 3.33. The minimum atomic E-state index is 1.33. The minimum absolute atomic E-state index is 1.33. The molecule has 0 saturated carbocycles. The van der Waals surface area contributed by atoms with Gasteiger partial charge in [-0.15, -0.1) is 0 Å². The van der Waals surface area contributed by atoms with E-state index in [-0.39, 0.29) is 0 Å². The van der Waals surface area contributed by atoms with Crippen LogP contribution in [-0.2, 0) is 19.4 Å². The average Bonchev–Trinajstić information content (AvgIpc) is 2.23. The molecule has 0 amide bonds. The normalized spacial score (nSPS) is 6.29. The zero-order valence-electron chi connectivity index (χ0n) is 4.00. The second-order valence-electron chi connectivity index (χ2n) is 0.962. The Bertz CT molecular complexity index is 71.1. The van der Waals surface area contributed by atoms with Crippen LogP contribution in [-0.4, -0.2) is 4.90 Å². The molecule has 1 aromatic rings. The summed E-state index contributed by atoms with van der Waals surface area (Å²) >= 11 is 1.33. The van der Waals surface area contributed by atoms with Crippen molar-refractivity contribution in [2.45, 2.75) is 0 Å². The van der Waals surface area contributed by atoms with Crippen LogP contribution in [0, 0.1) is 0 Å². The third kappa shape index (κ3) is 3.75. The van der Waals surface area contributed by atoms with Crippen LogP contribution in [0.1, 0.15) is 0 Å². The van der Waals surface area contributed by atoms with Gasteiger partial charge < -0.3 is 0 Å². The van der Waals surface area contributed by atoms with Gasteiger partial charge in [0.1, 0.15) is 0 Å². The Morgan fingerprint density at radius 2 is 1.57 bits per heavy atom. The molecule has 0 spiro atoms. The largest absolute Gasteiger partial charge is 0.214 e. The van der Waals surface area contributed by atoms with Gasteiger partial charge in [0.25, 0.3) is 0 Å². The topological polar surface area (TPSA) is 0 Å². The van der Waals surface area contributed by atoms with Crippen LogP contribution < -0.4 is 0 Å². The van der Waals surface area contributed by atoms with Gasteiger partial charge in [-0.3, -0.25) is 0 Å². The van der Waals surface area contributed by atoms with E-state index < -0.39 is 0 Å². The first kappa shape index (κ1) is 6.91. The van der Waals surface area contributed by atoms with Crippen LogP contribution in [0.25, 0.3) is 0 Å². The van der Waals surface area contributed by atoms with Crippen molar-refractivity contribution < 1.29 is 19.4 Å². The van der Waals surface area contributed by atoms with Gasteiger partial charge >= 0.3 is 24.3 Å². The Labute approximate surface area is 54.9 Å². The first-order chi connectivity index (χ1) is 3.50. The van der Waals surface area contributed by atoms with Gasteiger partial charge in [0, 0.05) is 0 Å². The van der Waals surface area contributed by atoms with Crippen molar-refractivity contribution in [2.24, 2.45) is 0 Å². The molecule has 0 aromatic heterocycles. The summed E-state index contributed by atoms with van der Waals surface area (Å²) in [5.74, 6) is 0. The van der Waals surface area contributed by atoms with Crippen LogP contribution >= 0.6 is 0 Å². The molecule has 7 heavy (non-hydrogen) atoms. The fourth-order valence-electron chi connectivity index (χ4n) is 0.321. The van der Waals surface area contributed by atoms with E-state index >= 15 is 0 Å². The Hall–Kier alpha value is -0.0917. The molecule has 0 N–H and O–H groups in total. The van der Waals surface area contributed by atoms with E-state index in [9.17, 15) is 0 Å². The van der Waals surface area contributed by atoms with E-state index in [1.807, 2.05) is 30.3 Å². The third-order valence-corrected chi connectivity index (χ3v) is 0.556. The maximum atomic E-state index is 3.33. The molecule has 0 nitrogen and oxygen atoms in total. The van der Waals surface area contributed by atoms with Crippen LogP contribution in [0.15, 0.2) is 30.3 Å². The summed E-state index contributed by atoms with van der Waals surface area (Å²) < 4.78 is 0. The average molecular weight is 263 g/mol. The second-order valence-corrected chi connectivity index (χ2v) is 0.962. The summed E-state index contributed by atoms with van der Waals surface area (Å²) in [6.45, 7) is 0. The van der Waals surface area contributed by atoms with E-state index in [1.54, 1.807) is 0 Å². The van der Waals surface area contributed by atoms with Gasteiger partial charge in [0.05, 0.1) is 0 Å². The SMILES string of the molecule is [CH2]=[W].c1cc[cH-]c1. The molecule has 0 heterocycles. The molecule has 0 aliphatic heterocycles. The van der Waals surface area contributed by atoms with Gasteiger partial charge in [-0.25, -0.2) is 12.1 Å². The van der Waals surface area contributed by atoms with Crippen molar-refractivity contribution >= 4 is 4.90 Å². The molecule has 0 fully saturated rings. The summed E-state index contributed by atoms with van der Waals surface area (Å²) in [6, 6.07) is 10.0. The molecule has 0 unspecified atom stereocenters. The van der Waals surface area contributed by atoms with E-state index in [1.165, 1.54) is 19.4 Å². The van der Waals surface area contributed by atoms with E-state index in [0.29, 0.717) is 0 Å². The van der Waals surface area contributed by atoms with Gasteiger partial charge in [0.2, 0.25) is 0 Å². The Kier molecular flexibility index (Phi) is 5.83. The predicted molar refractivity (Wildman–Crippen MR) is 29.2 cm³/mol. The monoisotopic (exact) mass is 263 g/mol. The van der Waals surface area contributed by atoms with E-state index in [2.05, 4.69) is 4.90 Å². The molecule has 0 saturated heterocycles. The number of rotatable bonds is 0. The van der Waals surface area contributed by atoms with Gasteiger partial charge in [0.15, 0.2) is 0 Å². The van der Waals surface area contributed by atoms with Crippen LogP contribution in [0.2, 0.25) is 0 Å². The van der Waals surface area contributed by atoms with E-state index in [4.69, 9.17) is 0 Å². The van der Waals surface area contributed by atoms with Crippen molar-refractivity contribution in [3.63, 3.8) is 0 Å². The molecule has 38 valence electrons. The van der Waals surface area contributed by atoms with Crippen molar-refractivity contribution in [1.29, 1.82) is 0 Å². The maximum absolute atomic E-state index is 3.33. The van der Waals surface area contributed by atoms with E-state index in [0.717, 1.165) is 0 Å². The Morgan fingerprint density at radius 1 is 1.14 bits per heavy atom. The molecule has 0 aliphatic rings. The number of hydrogen-bond acceptors (Lipinski definition) is 0.